The van der Waals surface area contributed by atoms with Crippen LogP contribution in [0.5, 0.6) is 0 Å². The molecule has 1 atom stereocenters. The van der Waals surface area contributed by atoms with Crippen molar-refractivity contribution in [2.75, 3.05) is 0 Å². The molecule has 0 fully saturated rings. The Balaban J connectivity index is 2.27. The van der Waals surface area contributed by atoms with Crippen molar-refractivity contribution in [3.63, 3.8) is 0 Å². The van der Waals surface area contributed by atoms with Crippen molar-refractivity contribution in [2.45, 2.75) is 12.5 Å². The van der Waals surface area contributed by atoms with Gasteiger partial charge in [0.1, 0.15) is 11.6 Å². The zero-order valence-corrected chi connectivity index (χ0v) is 11.3. The minimum atomic E-state index is -0.688. The van der Waals surface area contributed by atoms with Gasteiger partial charge in [-0.15, -0.1) is 0 Å². The van der Waals surface area contributed by atoms with Crippen LogP contribution in [0.1, 0.15) is 17.2 Å². The molecule has 2 aromatic rings. The molecule has 1 nitrogen and oxygen atoms in total. The van der Waals surface area contributed by atoms with Gasteiger partial charge in [0.25, 0.3) is 0 Å². The van der Waals surface area contributed by atoms with Gasteiger partial charge in [-0.1, -0.05) is 23.2 Å². The first-order chi connectivity index (χ1) is 8.97. The Hall–Kier alpha value is -1.16. The number of nitrogens with two attached hydrogens (primary N) is 1. The Kier molecular flexibility index (Phi) is 4.40. The normalized spacial score (nSPS) is 12.5. The SMILES string of the molecule is NC(Cc1cc(Cl)ccc1Cl)c1cc(F)ccc1F. The quantitative estimate of drug-likeness (QED) is 0.886. The third-order valence-electron chi connectivity index (χ3n) is 2.81. The zero-order chi connectivity index (χ0) is 14.0. The molecule has 2 aromatic carbocycles. The predicted octanol–water partition coefficient (Wildman–Crippen LogP) is 4.51. The minimum absolute atomic E-state index is 0.121. The third kappa shape index (κ3) is 3.44. The highest BCUT2D eigenvalue weighted by Gasteiger charge is 2.15. The molecule has 0 radical (unpaired) electrons. The molecule has 0 aliphatic heterocycles. The Morgan fingerprint density at radius 1 is 1.05 bits per heavy atom. The van der Waals surface area contributed by atoms with Gasteiger partial charge in [0.05, 0.1) is 0 Å². The van der Waals surface area contributed by atoms with Crippen molar-refractivity contribution in [2.24, 2.45) is 5.73 Å². The summed E-state index contributed by atoms with van der Waals surface area (Å²) in [6.45, 7) is 0. The van der Waals surface area contributed by atoms with E-state index in [0.29, 0.717) is 15.6 Å². The van der Waals surface area contributed by atoms with Gasteiger partial charge >= 0.3 is 0 Å². The Morgan fingerprint density at radius 3 is 2.53 bits per heavy atom. The molecule has 1 unspecified atom stereocenters. The summed E-state index contributed by atoms with van der Waals surface area (Å²) in [4.78, 5) is 0. The van der Waals surface area contributed by atoms with Gasteiger partial charge < -0.3 is 5.73 Å². The molecule has 0 aliphatic carbocycles. The van der Waals surface area contributed by atoms with E-state index in [2.05, 4.69) is 0 Å². The summed E-state index contributed by atoms with van der Waals surface area (Å²) in [5.41, 5.74) is 6.73. The molecule has 0 spiro atoms. The van der Waals surface area contributed by atoms with Crippen LogP contribution in [0, 0.1) is 11.6 Å². The van der Waals surface area contributed by atoms with Crippen LogP contribution in [0.15, 0.2) is 36.4 Å². The molecular weight excluding hydrogens is 291 g/mol. The summed E-state index contributed by atoms with van der Waals surface area (Å²) in [7, 11) is 0. The summed E-state index contributed by atoms with van der Waals surface area (Å²) in [5.74, 6) is -1.06. The van der Waals surface area contributed by atoms with E-state index >= 15 is 0 Å². The highest BCUT2D eigenvalue weighted by molar-refractivity contribution is 6.33. The first-order valence-electron chi connectivity index (χ1n) is 5.62. The van der Waals surface area contributed by atoms with Gasteiger partial charge in [-0.2, -0.15) is 0 Å². The number of rotatable bonds is 3. The van der Waals surface area contributed by atoms with E-state index in [9.17, 15) is 8.78 Å². The second-order valence-electron chi connectivity index (χ2n) is 4.21. The lowest BCUT2D eigenvalue weighted by molar-refractivity contribution is 0.561. The van der Waals surface area contributed by atoms with E-state index in [4.69, 9.17) is 28.9 Å². The van der Waals surface area contributed by atoms with Crippen LogP contribution in [-0.4, -0.2) is 0 Å². The van der Waals surface area contributed by atoms with Crippen LogP contribution in [0.2, 0.25) is 10.0 Å². The maximum absolute atomic E-state index is 13.6. The van der Waals surface area contributed by atoms with Crippen molar-refractivity contribution >= 4 is 23.2 Å². The molecule has 19 heavy (non-hydrogen) atoms. The molecule has 5 heteroatoms. The lowest BCUT2D eigenvalue weighted by Crippen LogP contribution is -2.15. The van der Waals surface area contributed by atoms with Gasteiger partial charge in [-0.05, 0) is 48.4 Å². The number of benzene rings is 2. The molecule has 0 heterocycles. The molecule has 2 rings (SSSR count). The highest BCUT2D eigenvalue weighted by atomic mass is 35.5. The van der Waals surface area contributed by atoms with Crippen molar-refractivity contribution in [3.05, 3.63) is 69.2 Å². The van der Waals surface area contributed by atoms with Crippen LogP contribution >= 0.6 is 23.2 Å². The molecular formula is C14H11Cl2F2N. The van der Waals surface area contributed by atoms with Gasteiger partial charge in [0, 0.05) is 21.7 Å². The maximum atomic E-state index is 13.6. The average Bonchev–Trinajstić information content (AvgIpc) is 2.36. The second-order valence-corrected chi connectivity index (χ2v) is 5.06. The fraction of sp³-hybridized carbons (Fsp3) is 0.143. The lowest BCUT2D eigenvalue weighted by atomic mass is 9.99. The minimum Gasteiger partial charge on any atom is -0.324 e. The van der Waals surface area contributed by atoms with Crippen molar-refractivity contribution in [3.8, 4) is 0 Å². The molecule has 0 saturated heterocycles. The molecule has 0 aliphatic rings. The van der Waals surface area contributed by atoms with Crippen molar-refractivity contribution < 1.29 is 8.78 Å². The zero-order valence-electron chi connectivity index (χ0n) is 9.84. The van der Waals surface area contributed by atoms with Gasteiger partial charge in [-0.3, -0.25) is 0 Å². The predicted molar refractivity (Wildman–Crippen MR) is 73.5 cm³/mol. The molecule has 0 bridgehead atoms. The lowest BCUT2D eigenvalue weighted by Gasteiger charge is -2.14. The Labute approximate surface area is 119 Å². The van der Waals surface area contributed by atoms with Crippen molar-refractivity contribution in [1.29, 1.82) is 0 Å². The third-order valence-corrected chi connectivity index (χ3v) is 3.41. The van der Waals surface area contributed by atoms with Crippen molar-refractivity contribution in [1.82, 2.24) is 0 Å². The summed E-state index contributed by atoms with van der Waals surface area (Å²) in [5, 5.41) is 1.02. The van der Waals surface area contributed by atoms with E-state index in [1.165, 1.54) is 0 Å². The summed E-state index contributed by atoms with van der Waals surface area (Å²) >= 11 is 11.9. The van der Waals surface area contributed by atoms with Gasteiger partial charge in [0.15, 0.2) is 0 Å². The number of hydrogen-bond donors (Lipinski definition) is 1. The smallest absolute Gasteiger partial charge is 0.128 e. The molecule has 0 amide bonds. The second kappa shape index (κ2) is 5.87. The number of hydrogen-bond acceptors (Lipinski definition) is 1. The van der Waals surface area contributed by atoms with Crippen LogP contribution in [0.25, 0.3) is 0 Å². The Morgan fingerprint density at radius 2 is 1.79 bits per heavy atom. The molecule has 0 saturated carbocycles. The van der Waals surface area contributed by atoms with Gasteiger partial charge in [-0.25, -0.2) is 8.78 Å². The van der Waals surface area contributed by atoms with E-state index < -0.39 is 17.7 Å². The molecule has 100 valence electrons. The van der Waals surface area contributed by atoms with Crippen LogP contribution in [-0.2, 0) is 6.42 Å². The summed E-state index contributed by atoms with van der Waals surface area (Å²) < 4.78 is 26.7. The van der Waals surface area contributed by atoms with E-state index in [1.54, 1.807) is 18.2 Å². The number of halogens is 4. The van der Waals surface area contributed by atoms with Crippen LogP contribution < -0.4 is 5.73 Å². The molecule has 2 N–H and O–H groups in total. The first kappa shape index (κ1) is 14.3. The summed E-state index contributed by atoms with van der Waals surface area (Å²) in [6.07, 6.45) is 0.278. The summed E-state index contributed by atoms with van der Waals surface area (Å²) in [6, 6.07) is 7.49. The Bertz CT molecular complexity index is 602. The monoisotopic (exact) mass is 301 g/mol. The van der Waals surface area contributed by atoms with Crippen LogP contribution in [0.3, 0.4) is 0 Å². The largest absolute Gasteiger partial charge is 0.324 e. The van der Waals surface area contributed by atoms with Gasteiger partial charge in [0.2, 0.25) is 0 Å². The topological polar surface area (TPSA) is 26.0 Å². The average molecular weight is 302 g/mol. The fourth-order valence-electron chi connectivity index (χ4n) is 1.85. The van der Waals surface area contributed by atoms with E-state index in [0.717, 1.165) is 18.2 Å². The van der Waals surface area contributed by atoms with E-state index in [1.807, 2.05) is 0 Å². The standard InChI is InChI=1S/C14H11Cl2F2N/c15-9-1-3-12(16)8(5-9)6-14(19)11-7-10(17)2-4-13(11)18/h1-5,7,14H,6,19H2. The van der Waals surface area contributed by atoms with Crippen LogP contribution in [0.4, 0.5) is 8.78 Å². The maximum Gasteiger partial charge on any atom is 0.128 e. The van der Waals surface area contributed by atoms with E-state index in [-0.39, 0.29) is 12.0 Å². The highest BCUT2D eigenvalue weighted by Crippen LogP contribution is 2.26. The first-order valence-corrected chi connectivity index (χ1v) is 6.37. The fourth-order valence-corrected chi connectivity index (χ4v) is 2.23. The molecule has 0 aromatic heterocycles.